The first kappa shape index (κ1) is 14.6. The summed E-state index contributed by atoms with van der Waals surface area (Å²) in [5.74, 6) is 0.635. The minimum atomic E-state index is 0.280. The lowest BCUT2D eigenvalue weighted by molar-refractivity contribution is 0.0127. The Bertz CT molecular complexity index is 694. The predicted molar refractivity (Wildman–Crippen MR) is 93.5 cm³/mol. The van der Waals surface area contributed by atoms with Gasteiger partial charge in [0, 0.05) is 18.9 Å². The number of aromatic nitrogens is 1. The summed E-state index contributed by atoms with van der Waals surface area (Å²) in [6, 6.07) is 6.65. The molecule has 0 saturated carbocycles. The molecule has 116 valence electrons. The van der Waals surface area contributed by atoms with E-state index in [1.54, 1.807) is 11.3 Å². The second-order valence-electron chi connectivity index (χ2n) is 6.08. The first-order valence-electron chi connectivity index (χ1n) is 7.70. The highest BCUT2D eigenvalue weighted by atomic mass is 79.9. The van der Waals surface area contributed by atoms with Gasteiger partial charge >= 0.3 is 0 Å². The number of oxime groups is 1. The van der Waals surface area contributed by atoms with Crippen molar-refractivity contribution in [3.8, 4) is 0 Å². The van der Waals surface area contributed by atoms with Crippen molar-refractivity contribution in [3.63, 3.8) is 0 Å². The summed E-state index contributed by atoms with van der Waals surface area (Å²) in [6.07, 6.45) is 3.60. The highest BCUT2D eigenvalue weighted by Gasteiger charge is 2.31. The van der Waals surface area contributed by atoms with Gasteiger partial charge in [0.2, 0.25) is 0 Å². The maximum absolute atomic E-state index is 5.51. The summed E-state index contributed by atoms with van der Waals surface area (Å²) >= 11 is 5.13. The van der Waals surface area contributed by atoms with E-state index >= 15 is 0 Å². The van der Waals surface area contributed by atoms with E-state index in [1.165, 1.54) is 23.1 Å². The molecule has 0 aliphatic carbocycles. The SMILES string of the molecule is BrC1=NOC(C2CCN(Cc3ccc4scnc4c3)CC2)C1. The van der Waals surface area contributed by atoms with Crippen LogP contribution in [0, 0.1) is 5.92 Å². The second kappa shape index (κ2) is 6.26. The van der Waals surface area contributed by atoms with Crippen molar-refractivity contribution in [1.29, 1.82) is 0 Å². The van der Waals surface area contributed by atoms with E-state index in [0.717, 1.165) is 36.2 Å². The molecular weight excluding hydrogens is 362 g/mol. The van der Waals surface area contributed by atoms with Gasteiger partial charge in [0.15, 0.2) is 0 Å². The van der Waals surface area contributed by atoms with Crippen LogP contribution in [0.4, 0.5) is 0 Å². The fourth-order valence-corrected chi connectivity index (χ4v) is 4.42. The molecule has 1 unspecified atom stereocenters. The first-order chi connectivity index (χ1) is 10.8. The first-order valence-corrected chi connectivity index (χ1v) is 9.38. The Kier molecular flexibility index (Phi) is 4.15. The van der Waals surface area contributed by atoms with Crippen molar-refractivity contribution in [2.45, 2.75) is 31.9 Å². The second-order valence-corrected chi connectivity index (χ2v) is 7.89. The number of rotatable bonds is 3. The molecule has 2 aliphatic rings. The standard InChI is InChI=1S/C16H18BrN3OS/c17-16-8-14(21-19-16)12-3-5-20(6-4-12)9-11-1-2-15-13(7-11)18-10-22-15/h1-2,7,10,12,14H,3-6,8-9H2. The third-order valence-corrected chi connectivity index (χ3v) is 5.89. The summed E-state index contributed by atoms with van der Waals surface area (Å²) in [6.45, 7) is 3.29. The number of piperidine rings is 1. The number of hydrogen-bond acceptors (Lipinski definition) is 5. The number of fused-ring (bicyclic) bond motifs is 1. The van der Waals surface area contributed by atoms with Crippen LogP contribution >= 0.6 is 27.3 Å². The maximum atomic E-state index is 5.51. The van der Waals surface area contributed by atoms with Crippen LogP contribution in [0.25, 0.3) is 10.2 Å². The zero-order valence-electron chi connectivity index (χ0n) is 12.2. The predicted octanol–water partition coefficient (Wildman–Crippen LogP) is 4.01. The summed E-state index contributed by atoms with van der Waals surface area (Å²) in [5.41, 5.74) is 4.40. The Morgan fingerprint density at radius 1 is 1.32 bits per heavy atom. The van der Waals surface area contributed by atoms with Crippen LogP contribution in [0.5, 0.6) is 0 Å². The van der Waals surface area contributed by atoms with Gasteiger partial charge in [0.1, 0.15) is 10.7 Å². The quantitative estimate of drug-likeness (QED) is 0.808. The number of benzene rings is 1. The van der Waals surface area contributed by atoms with Gasteiger partial charge in [-0.25, -0.2) is 4.98 Å². The third-order valence-electron chi connectivity index (χ3n) is 4.62. The molecule has 4 nitrogen and oxygen atoms in total. The fraction of sp³-hybridized carbons (Fsp3) is 0.500. The largest absolute Gasteiger partial charge is 0.391 e. The average Bonchev–Trinajstić information content (AvgIpc) is 3.16. The van der Waals surface area contributed by atoms with E-state index < -0.39 is 0 Å². The monoisotopic (exact) mass is 379 g/mol. The Hall–Kier alpha value is -0.980. The summed E-state index contributed by atoms with van der Waals surface area (Å²) in [5, 5.41) is 4.02. The molecule has 1 aromatic heterocycles. The van der Waals surface area contributed by atoms with E-state index in [-0.39, 0.29) is 6.10 Å². The molecule has 0 radical (unpaired) electrons. The highest BCUT2D eigenvalue weighted by Crippen LogP contribution is 2.30. The van der Waals surface area contributed by atoms with Crippen molar-refractivity contribution >= 4 is 42.1 Å². The number of halogens is 1. The molecule has 1 atom stereocenters. The molecule has 4 rings (SSSR count). The molecule has 1 aromatic carbocycles. The van der Waals surface area contributed by atoms with Crippen molar-refractivity contribution in [3.05, 3.63) is 29.3 Å². The van der Waals surface area contributed by atoms with E-state index in [9.17, 15) is 0 Å². The van der Waals surface area contributed by atoms with Crippen LogP contribution in [0.15, 0.2) is 28.9 Å². The van der Waals surface area contributed by atoms with Crippen molar-refractivity contribution in [2.24, 2.45) is 11.1 Å². The minimum Gasteiger partial charge on any atom is -0.391 e. The van der Waals surface area contributed by atoms with Gasteiger partial charge in [-0.3, -0.25) is 4.90 Å². The molecule has 0 bridgehead atoms. The van der Waals surface area contributed by atoms with Gasteiger partial charge < -0.3 is 4.84 Å². The Morgan fingerprint density at radius 3 is 2.95 bits per heavy atom. The third kappa shape index (κ3) is 3.05. The normalized spacial score (nSPS) is 23.7. The minimum absolute atomic E-state index is 0.280. The number of nitrogens with zero attached hydrogens (tertiary/aromatic N) is 3. The van der Waals surface area contributed by atoms with Crippen LogP contribution in [-0.4, -0.2) is 33.7 Å². The van der Waals surface area contributed by atoms with E-state index in [2.05, 4.69) is 49.2 Å². The Labute approximate surface area is 142 Å². The van der Waals surface area contributed by atoms with Gasteiger partial charge in [0.25, 0.3) is 0 Å². The van der Waals surface area contributed by atoms with Crippen LogP contribution < -0.4 is 0 Å². The molecule has 22 heavy (non-hydrogen) atoms. The average molecular weight is 380 g/mol. The molecule has 0 spiro atoms. The smallest absolute Gasteiger partial charge is 0.136 e. The molecule has 3 heterocycles. The molecule has 6 heteroatoms. The maximum Gasteiger partial charge on any atom is 0.136 e. The lowest BCUT2D eigenvalue weighted by Crippen LogP contribution is -2.37. The van der Waals surface area contributed by atoms with Crippen molar-refractivity contribution in [1.82, 2.24) is 9.88 Å². The van der Waals surface area contributed by atoms with Crippen molar-refractivity contribution in [2.75, 3.05) is 13.1 Å². The fourth-order valence-electron chi connectivity index (χ4n) is 3.36. The number of likely N-dealkylation sites (tertiary alicyclic amines) is 1. The molecule has 2 aliphatic heterocycles. The molecule has 0 N–H and O–H groups in total. The molecule has 1 fully saturated rings. The number of thiazole rings is 1. The van der Waals surface area contributed by atoms with E-state index in [4.69, 9.17) is 4.84 Å². The van der Waals surface area contributed by atoms with Crippen LogP contribution in [0.2, 0.25) is 0 Å². The van der Waals surface area contributed by atoms with Gasteiger partial charge in [-0.05, 0) is 59.6 Å². The Balaban J connectivity index is 1.33. The van der Waals surface area contributed by atoms with Crippen LogP contribution in [0.1, 0.15) is 24.8 Å². The van der Waals surface area contributed by atoms with Crippen LogP contribution in [-0.2, 0) is 11.4 Å². The number of hydrogen-bond donors (Lipinski definition) is 0. The van der Waals surface area contributed by atoms with Gasteiger partial charge in [0.05, 0.1) is 15.7 Å². The van der Waals surface area contributed by atoms with Crippen molar-refractivity contribution < 1.29 is 4.84 Å². The zero-order chi connectivity index (χ0) is 14.9. The molecular formula is C16H18BrN3OS. The molecule has 1 saturated heterocycles. The summed E-state index contributed by atoms with van der Waals surface area (Å²) in [4.78, 5) is 12.5. The van der Waals surface area contributed by atoms with Gasteiger partial charge in [-0.2, -0.15) is 0 Å². The zero-order valence-corrected chi connectivity index (χ0v) is 14.6. The van der Waals surface area contributed by atoms with E-state index in [1.807, 2.05) is 5.51 Å². The molecule has 0 amide bonds. The highest BCUT2D eigenvalue weighted by molar-refractivity contribution is 9.18. The van der Waals surface area contributed by atoms with Gasteiger partial charge in [-0.1, -0.05) is 11.2 Å². The van der Waals surface area contributed by atoms with Gasteiger partial charge in [-0.15, -0.1) is 11.3 Å². The lowest BCUT2D eigenvalue weighted by atomic mass is 9.90. The summed E-state index contributed by atoms with van der Waals surface area (Å²) in [7, 11) is 0. The molecule has 2 aromatic rings. The topological polar surface area (TPSA) is 37.7 Å². The van der Waals surface area contributed by atoms with E-state index in [0.29, 0.717) is 5.92 Å². The Morgan fingerprint density at radius 2 is 2.18 bits per heavy atom. The summed E-state index contributed by atoms with van der Waals surface area (Å²) < 4.78 is 2.22. The van der Waals surface area contributed by atoms with Crippen LogP contribution in [0.3, 0.4) is 0 Å². The lowest BCUT2D eigenvalue weighted by Gasteiger charge is -2.33.